The molecule has 1 aliphatic rings. The van der Waals surface area contributed by atoms with Crippen LogP contribution in [-0.2, 0) is 0 Å². The van der Waals surface area contributed by atoms with Gasteiger partial charge in [-0.3, -0.25) is 0 Å². The van der Waals surface area contributed by atoms with E-state index in [0.717, 1.165) is 0 Å². The minimum Gasteiger partial charge on any atom is -0.204 e. The van der Waals surface area contributed by atoms with Crippen molar-refractivity contribution in [3.63, 3.8) is 0 Å². The molecule has 0 atom stereocenters. The molecule has 272 valence electrons. The van der Waals surface area contributed by atoms with Gasteiger partial charge in [-0.25, -0.2) is 65.9 Å². The largest absolute Gasteiger partial charge is 0.257 e. The summed E-state index contributed by atoms with van der Waals surface area (Å²) in [4.78, 5) is 0. The zero-order chi connectivity index (χ0) is 39.0. The van der Waals surface area contributed by atoms with Crippen molar-refractivity contribution in [2.45, 2.75) is 13.1 Å². The highest BCUT2D eigenvalue weighted by Crippen LogP contribution is 2.54. The second-order valence-corrected chi connectivity index (χ2v) is 16.5. The van der Waals surface area contributed by atoms with Crippen LogP contribution < -0.4 is 10.9 Å². The van der Waals surface area contributed by atoms with E-state index in [-0.39, 0.29) is 16.3 Å². The molecule has 0 bridgehead atoms. The fourth-order valence-electron chi connectivity index (χ4n) is 6.82. The lowest BCUT2D eigenvalue weighted by Crippen LogP contribution is -2.53. The molecule has 0 nitrogen and oxygen atoms in total. The van der Waals surface area contributed by atoms with Gasteiger partial charge >= 0.3 is 0 Å². The molecule has 0 unspecified atom stereocenters. The highest BCUT2D eigenvalue weighted by Gasteiger charge is 2.52. The van der Waals surface area contributed by atoms with E-state index in [1.165, 1.54) is 73.8 Å². The summed E-state index contributed by atoms with van der Waals surface area (Å²) < 4.78 is 229. The Hall–Kier alpha value is -5.19. The predicted molar refractivity (Wildman–Crippen MR) is 168 cm³/mol. The Bertz CT molecular complexity index is 2270. The summed E-state index contributed by atoms with van der Waals surface area (Å²) in [7, 11) is -4.08. The standard InChI is InChI=1S/C36H16BF15Si/c1-53(2)35(13-9-5-3-6-10-13)15(16-20(38)26(44)32(50)27(45)21(16)39)17(36(53)14-11-7-4-8-12-14)37(18-22(40)28(46)33(51)29(47)23(18)41)19-24(42)30(48)34(52)31(49)25(19)43/h3-12H,1-2H3. The minimum absolute atomic E-state index is 0.0971. The Balaban J connectivity index is 2.00. The molecule has 5 aromatic carbocycles. The summed E-state index contributed by atoms with van der Waals surface area (Å²) >= 11 is 0. The molecule has 17 heteroatoms. The topological polar surface area (TPSA) is 0 Å². The average Bonchev–Trinajstić information content (AvgIpc) is 3.39. The van der Waals surface area contributed by atoms with Crippen molar-refractivity contribution in [1.29, 1.82) is 0 Å². The van der Waals surface area contributed by atoms with Crippen molar-refractivity contribution < 1.29 is 65.9 Å². The first-order chi connectivity index (χ1) is 24.9. The van der Waals surface area contributed by atoms with Gasteiger partial charge in [0, 0.05) is 10.9 Å². The summed E-state index contributed by atoms with van der Waals surface area (Å²) in [5.41, 5.74) is -9.20. The molecule has 1 heterocycles. The van der Waals surface area contributed by atoms with E-state index in [1.54, 1.807) is 0 Å². The van der Waals surface area contributed by atoms with Gasteiger partial charge < -0.3 is 0 Å². The van der Waals surface area contributed by atoms with E-state index in [2.05, 4.69) is 0 Å². The van der Waals surface area contributed by atoms with Crippen LogP contribution in [0, 0.1) is 87.3 Å². The van der Waals surface area contributed by atoms with Gasteiger partial charge in [0.1, 0.15) is 8.07 Å². The van der Waals surface area contributed by atoms with Gasteiger partial charge in [-0.1, -0.05) is 84.4 Å². The van der Waals surface area contributed by atoms with Crippen molar-refractivity contribution in [1.82, 2.24) is 0 Å². The van der Waals surface area contributed by atoms with Crippen LogP contribution in [0.1, 0.15) is 16.7 Å². The third kappa shape index (κ3) is 5.49. The van der Waals surface area contributed by atoms with E-state index in [9.17, 15) is 30.7 Å². The zero-order valence-corrected chi connectivity index (χ0v) is 27.5. The maximum absolute atomic E-state index is 16.0. The Morgan fingerprint density at radius 2 is 0.642 bits per heavy atom. The lowest BCUT2D eigenvalue weighted by molar-refractivity contribution is 0.376. The summed E-state index contributed by atoms with van der Waals surface area (Å²) in [5, 5.41) is -0.818. The van der Waals surface area contributed by atoms with Crippen molar-refractivity contribution in [3.05, 3.63) is 170 Å². The van der Waals surface area contributed by atoms with Crippen LogP contribution in [-0.4, -0.2) is 14.8 Å². The third-order valence-corrected chi connectivity index (χ3v) is 12.6. The van der Waals surface area contributed by atoms with Crippen molar-refractivity contribution in [2.24, 2.45) is 0 Å². The molecule has 0 aromatic heterocycles. The molecule has 5 aromatic rings. The number of rotatable bonds is 6. The lowest BCUT2D eigenvalue weighted by Gasteiger charge is -2.28. The molecule has 0 amide bonds. The van der Waals surface area contributed by atoms with Crippen molar-refractivity contribution in [2.75, 3.05) is 0 Å². The quantitative estimate of drug-likeness (QED) is 0.0699. The smallest absolute Gasteiger partial charge is 0.204 e. The van der Waals surface area contributed by atoms with Gasteiger partial charge in [-0.15, -0.1) is 0 Å². The maximum atomic E-state index is 16.0. The maximum Gasteiger partial charge on any atom is 0.257 e. The van der Waals surface area contributed by atoms with Crippen molar-refractivity contribution >= 4 is 41.7 Å². The first-order valence-electron chi connectivity index (χ1n) is 15.0. The van der Waals surface area contributed by atoms with Crippen LogP contribution in [0.5, 0.6) is 0 Å². The van der Waals surface area contributed by atoms with Crippen LogP contribution >= 0.6 is 0 Å². The number of hydrogen-bond donors (Lipinski definition) is 0. The molecular weight excluding hydrogens is 756 g/mol. The molecule has 0 saturated carbocycles. The second-order valence-electron chi connectivity index (χ2n) is 12.2. The van der Waals surface area contributed by atoms with Crippen LogP contribution in [0.15, 0.2) is 66.1 Å². The summed E-state index contributed by atoms with van der Waals surface area (Å²) in [6.07, 6.45) is 0. The first-order valence-corrected chi connectivity index (χ1v) is 18.0. The summed E-state index contributed by atoms with van der Waals surface area (Å²) in [6.45, 7) is -0.743. The van der Waals surface area contributed by atoms with E-state index in [1.807, 2.05) is 0 Å². The molecule has 0 radical (unpaired) electrons. The van der Waals surface area contributed by atoms with Crippen LogP contribution in [0.25, 0.3) is 16.0 Å². The monoisotopic (exact) mass is 772 g/mol. The van der Waals surface area contributed by atoms with E-state index in [4.69, 9.17) is 0 Å². The predicted octanol–water partition coefficient (Wildman–Crippen LogP) is 9.79. The zero-order valence-electron chi connectivity index (χ0n) is 26.5. The van der Waals surface area contributed by atoms with E-state index >= 15 is 35.1 Å². The van der Waals surface area contributed by atoms with Gasteiger partial charge in [0.15, 0.2) is 81.4 Å². The van der Waals surface area contributed by atoms with Crippen LogP contribution in [0.4, 0.5) is 65.9 Å². The Morgan fingerprint density at radius 3 is 0.981 bits per heavy atom. The third-order valence-electron chi connectivity index (χ3n) is 8.98. The second kappa shape index (κ2) is 13.3. The summed E-state index contributed by atoms with van der Waals surface area (Å²) in [6, 6.07) is 13.0. The lowest BCUT2D eigenvalue weighted by atomic mass is 9.34. The fraction of sp³-hybridized carbons (Fsp3) is 0.0556. The normalized spacial score (nSPS) is 14.1. The van der Waals surface area contributed by atoms with E-state index < -0.39 is 135 Å². The average molecular weight is 772 g/mol. The molecule has 0 aliphatic carbocycles. The number of allylic oxidation sites excluding steroid dienone is 2. The molecular formula is C36H16BF15Si. The highest BCUT2D eigenvalue weighted by molar-refractivity contribution is 7.15. The molecule has 1 aliphatic heterocycles. The van der Waals surface area contributed by atoms with Gasteiger partial charge in [0.2, 0.25) is 5.82 Å². The van der Waals surface area contributed by atoms with Gasteiger partial charge in [0.25, 0.3) is 6.71 Å². The highest BCUT2D eigenvalue weighted by atomic mass is 28.3. The number of benzene rings is 5. The van der Waals surface area contributed by atoms with Gasteiger partial charge in [-0.2, -0.15) is 0 Å². The molecule has 6 rings (SSSR count). The Labute approximate surface area is 290 Å². The SMILES string of the molecule is C[Si]1(C)C(c2ccccc2)=C(B(c2c(F)c(F)c(F)c(F)c2F)c2c(F)c(F)c(F)c(F)c2F)C(c2c(F)c(F)c(F)c(F)c2F)=C1c1ccccc1. The molecule has 0 spiro atoms. The number of halogens is 15. The first kappa shape index (κ1) is 37.6. The Kier molecular flexibility index (Phi) is 9.46. The number of hydrogen-bond acceptors (Lipinski definition) is 0. The molecule has 0 fully saturated rings. The minimum atomic E-state index is -4.08. The summed E-state index contributed by atoms with van der Waals surface area (Å²) in [5.74, 6) is -41.3. The van der Waals surface area contributed by atoms with Crippen molar-refractivity contribution in [3.8, 4) is 0 Å². The van der Waals surface area contributed by atoms with E-state index in [0.29, 0.717) is 0 Å². The molecule has 0 saturated heterocycles. The van der Waals surface area contributed by atoms with Crippen LogP contribution in [0.3, 0.4) is 0 Å². The molecule has 53 heavy (non-hydrogen) atoms. The van der Waals surface area contributed by atoms with Crippen LogP contribution in [0.2, 0.25) is 13.1 Å². The molecule has 0 N–H and O–H groups in total. The van der Waals surface area contributed by atoms with Gasteiger partial charge in [0.05, 0.1) is 5.56 Å². The fourth-order valence-corrected chi connectivity index (χ4v) is 10.7. The van der Waals surface area contributed by atoms with Gasteiger partial charge in [-0.05, 0) is 21.9 Å². The Morgan fingerprint density at radius 1 is 0.358 bits per heavy atom.